The van der Waals surface area contributed by atoms with E-state index >= 15 is 0 Å². The van der Waals surface area contributed by atoms with Gasteiger partial charge in [-0.3, -0.25) is 24.3 Å². The fourth-order valence-corrected chi connectivity index (χ4v) is 3.51. The Morgan fingerprint density at radius 2 is 2.00 bits per heavy atom. The van der Waals surface area contributed by atoms with Gasteiger partial charge < -0.3 is 10.2 Å². The number of nitrogens with one attached hydrogen (secondary N) is 1. The lowest BCUT2D eigenvalue weighted by Gasteiger charge is -2.18. The van der Waals surface area contributed by atoms with Crippen molar-refractivity contribution in [3.63, 3.8) is 0 Å². The van der Waals surface area contributed by atoms with Crippen molar-refractivity contribution in [3.8, 4) is 0 Å². The molecule has 154 valence electrons. The Morgan fingerprint density at radius 3 is 2.67 bits per heavy atom. The summed E-state index contributed by atoms with van der Waals surface area (Å²) in [5, 5.41) is 14.2. The van der Waals surface area contributed by atoms with E-state index in [0.717, 1.165) is 12.8 Å². The zero-order chi connectivity index (χ0) is 21.3. The van der Waals surface area contributed by atoms with Gasteiger partial charge in [0.05, 0.1) is 21.0 Å². The van der Waals surface area contributed by atoms with Crippen LogP contribution in [0.2, 0.25) is 5.02 Å². The van der Waals surface area contributed by atoms with Crippen LogP contribution in [0.4, 0.5) is 17.3 Å². The first-order valence-corrected chi connectivity index (χ1v) is 9.65. The van der Waals surface area contributed by atoms with Crippen LogP contribution in [0.1, 0.15) is 12.8 Å². The number of nitro benzene ring substituents is 1. The molecule has 30 heavy (non-hydrogen) atoms. The number of nitrogens with zero attached hydrogens (tertiary/aromatic N) is 5. The van der Waals surface area contributed by atoms with E-state index < -0.39 is 16.4 Å². The van der Waals surface area contributed by atoms with Crippen LogP contribution in [0.25, 0.3) is 11.0 Å². The number of hydrogen-bond acceptors (Lipinski definition) is 7. The van der Waals surface area contributed by atoms with Gasteiger partial charge in [-0.05, 0) is 31.0 Å². The van der Waals surface area contributed by atoms with Gasteiger partial charge >= 0.3 is 0 Å². The van der Waals surface area contributed by atoms with Crippen molar-refractivity contribution < 1.29 is 9.72 Å². The van der Waals surface area contributed by atoms with Crippen molar-refractivity contribution in [2.45, 2.75) is 19.4 Å². The number of anilines is 2. The predicted octanol–water partition coefficient (Wildman–Crippen LogP) is 2.59. The molecule has 0 unspecified atom stereocenters. The maximum absolute atomic E-state index is 13.2. The molecule has 1 saturated heterocycles. The molecule has 1 aliphatic rings. The number of aromatic nitrogens is 3. The molecule has 2 aromatic heterocycles. The lowest BCUT2D eigenvalue weighted by Crippen LogP contribution is -2.34. The highest BCUT2D eigenvalue weighted by Crippen LogP contribution is 2.22. The number of nitro groups is 1. The molecule has 0 bridgehead atoms. The topological polar surface area (TPSA) is 123 Å². The molecule has 10 nitrogen and oxygen atoms in total. The first-order valence-electron chi connectivity index (χ1n) is 9.28. The third kappa shape index (κ3) is 3.94. The largest absolute Gasteiger partial charge is 0.352 e. The zero-order valence-corrected chi connectivity index (χ0v) is 16.5. The molecule has 1 amide bonds. The van der Waals surface area contributed by atoms with Crippen LogP contribution < -0.4 is 15.8 Å². The third-order valence-corrected chi connectivity index (χ3v) is 5.05. The Labute approximate surface area is 175 Å². The number of hydrogen-bond donors (Lipinski definition) is 1. The maximum atomic E-state index is 13.2. The molecule has 0 radical (unpaired) electrons. The van der Waals surface area contributed by atoms with Crippen molar-refractivity contribution in [1.82, 2.24) is 14.5 Å². The number of amides is 1. The van der Waals surface area contributed by atoms with Crippen LogP contribution >= 0.6 is 11.6 Å². The highest BCUT2D eigenvalue weighted by molar-refractivity contribution is 6.30. The average Bonchev–Trinajstić information content (AvgIpc) is 3.26. The van der Waals surface area contributed by atoms with Crippen molar-refractivity contribution in [2.75, 3.05) is 23.3 Å². The van der Waals surface area contributed by atoms with Crippen molar-refractivity contribution in [1.29, 1.82) is 0 Å². The lowest BCUT2D eigenvalue weighted by molar-refractivity contribution is -0.384. The molecule has 0 atom stereocenters. The van der Waals surface area contributed by atoms with Gasteiger partial charge in [0.2, 0.25) is 5.91 Å². The summed E-state index contributed by atoms with van der Waals surface area (Å²) in [7, 11) is 0. The summed E-state index contributed by atoms with van der Waals surface area (Å²) in [5.74, 6) is 0.0196. The molecule has 3 aromatic rings. The molecule has 1 aromatic carbocycles. The normalized spacial score (nSPS) is 13.6. The Bertz CT molecular complexity index is 1190. The number of rotatable bonds is 5. The van der Waals surface area contributed by atoms with Crippen molar-refractivity contribution in [3.05, 3.63) is 62.0 Å². The van der Waals surface area contributed by atoms with Gasteiger partial charge in [0, 0.05) is 31.4 Å². The van der Waals surface area contributed by atoms with Crippen LogP contribution in [0.15, 0.2) is 41.3 Å². The first-order chi connectivity index (χ1) is 14.4. The first kappa shape index (κ1) is 19.8. The van der Waals surface area contributed by atoms with Crippen molar-refractivity contribution in [2.24, 2.45) is 0 Å². The summed E-state index contributed by atoms with van der Waals surface area (Å²) in [5.41, 5.74) is -0.0360. The number of non-ortho nitro benzene ring substituents is 1. The summed E-state index contributed by atoms with van der Waals surface area (Å²) < 4.78 is 1.22. The van der Waals surface area contributed by atoms with Crippen LogP contribution in [-0.4, -0.2) is 38.5 Å². The summed E-state index contributed by atoms with van der Waals surface area (Å²) >= 11 is 5.80. The summed E-state index contributed by atoms with van der Waals surface area (Å²) in [4.78, 5) is 46.7. The molecule has 1 fully saturated rings. The van der Waals surface area contributed by atoms with Crippen LogP contribution in [0, 0.1) is 10.1 Å². The highest BCUT2D eigenvalue weighted by Gasteiger charge is 2.22. The van der Waals surface area contributed by atoms with E-state index in [1.165, 1.54) is 35.0 Å². The minimum Gasteiger partial charge on any atom is -0.352 e. The van der Waals surface area contributed by atoms with Gasteiger partial charge in [0.15, 0.2) is 5.82 Å². The Morgan fingerprint density at radius 1 is 1.23 bits per heavy atom. The molecule has 11 heteroatoms. The number of carbonyl (C=O) groups is 1. The minimum absolute atomic E-state index is 0.189. The van der Waals surface area contributed by atoms with E-state index in [1.807, 2.05) is 4.90 Å². The van der Waals surface area contributed by atoms with E-state index in [-0.39, 0.29) is 29.4 Å². The smallest absolute Gasteiger partial charge is 0.294 e. The van der Waals surface area contributed by atoms with E-state index in [2.05, 4.69) is 15.3 Å². The number of pyridine rings is 1. The Kier molecular flexibility index (Phi) is 5.32. The molecular formula is C19H17ClN6O4. The summed E-state index contributed by atoms with van der Waals surface area (Å²) in [6, 6.07) is 7.18. The maximum Gasteiger partial charge on any atom is 0.294 e. The minimum atomic E-state index is -0.555. The molecule has 0 saturated carbocycles. The zero-order valence-electron chi connectivity index (χ0n) is 15.7. The second-order valence-electron chi connectivity index (χ2n) is 6.86. The number of carbonyl (C=O) groups excluding carboxylic acids is 1. The summed E-state index contributed by atoms with van der Waals surface area (Å²) in [6.45, 7) is 1.05. The standard InChI is InChI=1S/C19H17ClN6O4/c20-12-3-6-16(21-10-12)23-17(27)11-25-15-9-13(26(29)30)4-5-14(15)22-18(19(25)28)24-7-1-2-8-24/h3-6,9-10H,1-2,7-8,11H2,(H,21,23,27). The van der Waals surface area contributed by atoms with Gasteiger partial charge in [-0.1, -0.05) is 11.6 Å². The quantitative estimate of drug-likeness (QED) is 0.489. The van der Waals surface area contributed by atoms with Gasteiger partial charge in [0.1, 0.15) is 12.4 Å². The second-order valence-corrected chi connectivity index (χ2v) is 7.30. The molecule has 1 N–H and O–H groups in total. The van der Waals surface area contributed by atoms with E-state index in [0.29, 0.717) is 23.6 Å². The number of halogens is 1. The predicted molar refractivity (Wildman–Crippen MR) is 112 cm³/mol. The molecule has 1 aliphatic heterocycles. The van der Waals surface area contributed by atoms with Crippen LogP contribution in [-0.2, 0) is 11.3 Å². The molecule has 3 heterocycles. The van der Waals surface area contributed by atoms with E-state index in [9.17, 15) is 19.7 Å². The summed E-state index contributed by atoms with van der Waals surface area (Å²) in [6.07, 6.45) is 3.28. The molecule has 4 rings (SSSR count). The monoisotopic (exact) mass is 428 g/mol. The van der Waals surface area contributed by atoms with Crippen LogP contribution in [0.3, 0.4) is 0 Å². The van der Waals surface area contributed by atoms with Crippen LogP contribution in [0.5, 0.6) is 0 Å². The third-order valence-electron chi connectivity index (χ3n) is 4.83. The van der Waals surface area contributed by atoms with Gasteiger partial charge in [-0.2, -0.15) is 0 Å². The SMILES string of the molecule is O=C(Cn1c(=O)c(N2CCCC2)nc2ccc([N+](=O)[O-])cc21)Nc1ccc(Cl)cn1. The van der Waals surface area contributed by atoms with Gasteiger partial charge in [-0.15, -0.1) is 0 Å². The highest BCUT2D eigenvalue weighted by atomic mass is 35.5. The van der Waals surface area contributed by atoms with E-state index in [1.54, 1.807) is 6.07 Å². The Balaban J connectivity index is 1.76. The van der Waals surface area contributed by atoms with E-state index in [4.69, 9.17) is 11.6 Å². The fourth-order valence-electron chi connectivity index (χ4n) is 3.40. The molecule has 0 aliphatic carbocycles. The molecule has 0 spiro atoms. The number of benzene rings is 1. The average molecular weight is 429 g/mol. The lowest BCUT2D eigenvalue weighted by atomic mass is 10.2. The Hall–Kier alpha value is -3.53. The number of fused-ring (bicyclic) bond motifs is 1. The van der Waals surface area contributed by atoms with Gasteiger partial charge in [0.25, 0.3) is 11.2 Å². The van der Waals surface area contributed by atoms with Crippen molar-refractivity contribution >= 4 is 45.9 Å². The second kappa shape index (κ2) is 8.07. The van der Waals surface area contributed by atoms with Gasteiger partial charge in [-0.25, -0.2) is 9.97 Å². The fraction of sp³-hybridized carbons (Fsp3) is 0.263. The molecular weight excluding hydrogens is 412 g/mol.